The number of unbranched alkanes of at least 4 members (excludes halogenated alkanes) is 19. The first-order valence-corrected chi connectivity index (χ1v) is 35.9. The van der Waals surface area contributed by atoms with Crippen LogP contribution in [-0.4, -0.2) is 82.3 Å². The molecule has 0 aromatic rings. The van der Waals surface area contributed by atoms with Gasteiger partial charge in [0.1, 0.15) is 13.2 Å². The molecule has 0 aliphatic carbocycles. The number of carbonyl (C=O) groups is 3. The van der Waals surface area contributed by atoms with Crippen molar-refractivity contribution < 1.29 is 42.9 Å². The highest BCUT2D eigenvalue weighted by molar-refractivity contribution is 5.70. The number of nitrogens with zero attached hydrogens (tertiary/aromatic N) is 1. The number of carbonyl (C=O) groups excluding carboxylic acids is 3. The second-order valence-corrected chi connectivity index (χ2v) is 24.4. The zero-order chi connectivity index (χ0) is 66.1. The molecular formula is C82H131NO8. The molecule has 0 rings (SSSR count). The summed E-state index contributed by atoms with van der Waals surface area (Å²) >= 11 is 0. The van der Waals surface area contributed by atoms with E-state index in [-0.39, 0.29) is 38.6 Å². The number of quaternary nitrogens is 1. The van der Waals surface area contributed by atoms with Gasteiger partial charge in [0.05, 0.1) is 40.3 Å². The summed E-state index contributed by atoms with van der Waals surface area (Å²) < 4.78 is 22.8. The lowest BCUT2D eigenvalue weighted by atomic mass is 10.0. The van der Waals surface area contributed by atoms with Gasteiger partial charge in [-0.05, 0) is 135 Å². The molecule has 0 aliphatic rings. The molecule has 2 atom stereocenters. The largest absolute Gasteiger partial charge is 0.545 e. The molecule has 9 heteroatoms. The van der Waals surface area contributed by atoms with Gasteiger partial charge in [-0.25, -0.2) is 0 Å². The highest BCUT2D eigenvalue weighted by Gasteiger charge is 2.22. The molecule has 0 N–H and O–H groups in total. The molecule has 91 heavy (non-hydrogen) atoms. The number of esters is 2. The van der Waals surface area contributed by atoms with E-state index in [4.69, 9.17) is 18.9 Å². The summed E-state index contributed by atoms with van der Waals surface area (Å²) in [4.78, 5) is 37.5. The average Bonchev–Trinajstić information content (AvgIpc) is 3.65. The molecule has 0 fully saturated rings. The van der Waals surface area contributed by atoms with Crippen molar-refractivity contribution in [3.05, 3.63) is 182 Å². The van der Waals surface area contributed by atoms with Crippen LogP contribution in [0.15, 0.2) is 182 Å². The van der Waals surface area contributed by atoms with Gasteiger partial charge in [-0.15, -0.1) is 0 Å². The predicted molar refractivity (Wildman–Crippen MR) is 388 cm³/mol. The molecule has 0 aliphatic heterocycles. The number of hydrogen-bond acceptors (Lipinski definition) is 8. The Balaban J connectivity index is 4.21. The van der Waals surface area contributed by atoms with Crippen LogP contribution >= 0.6 is 0 Å². The van der Waals surface area contributed by atoms with Crippen molar-refractivity contribution in [3.8, 4) is 0 Å². The molecule has 0 aromatic carbocycles. The first kappa shape index (κ1) is 85.4. The summed E-state index contributed by atoms with van der Waals surface area (Å²) in [5, 5.41) is 11.8. The fraction of sp³-hybridized carbons (Fsp3) is 0.598. The third-order valence-electron chi connectivity index (χ3n) is 14.6. The Bertz CT molecular complexity index is 2150. The van der Waals surface area contributed by atoms with Crippen LogP contribution in [0.2, 0.25) is 0 Å². The van der Waals surface area contributed by atoms with Crippen LogP contribution in [0, 0.1) is 0 Å². The topological polar surface area (TPSA) is 111 Å². The normalized spacial score (nSPS) is 13.8. The zero-order valence-corrected chi connectivity index (χ0v) is 58.4. The van der Waals surface area contributed by atoms with Crippen LogP contribution in [0.3, 0.4) is 0 Å². The fourth-order valence-electron chi connectivity index (χ4n) is 9.24. The van der Waals surface area contributed by atoms with E-state index >= 15 is 0 Å². The molecule has 0 saturated heterocycles. The maximum Gasteiger partial charge on any atom is 0.306 e. The highest BCUT2D eigenvalue weighted by Crippen LogP contribution is 2.16. The second-order valence-electron chi connectivity index (χ2n) is 24.4. The van der Waals surface area contributed by atoms with Crippen molar-refractivity contribution in [3.63, 3.8) is 0 Å². The van der Waals surface area contributed by atoms with Crippen LogP contribution in [0.1, 0.15) is 258 Å². The first-order chi connectivity index (χ1) is 44.6. The lowest BCUT2D eigenvalue weighted by molar-refractivity contribution is -0.870. The Hall–Kier alpha value is -5.61. The molecule has 0 saturated carbocycles. The van der Waals surface area contributed by atoms with E-state index in [1.165, 1.54) is 89.9 Å². The van der Waals surface area contributed by atoms with Gasteiger partial charge in [0.15, 0.2) is 12.4 Å². The van der Waals surface area contributed by atoms with Gasteiger partial charge < -0.3 is 33.3 Å². The van der Waals surface area contributed by atoms with Crippen molar-refractivity contribution in [2.24, 2.45) is 0 Å². The molecule has 0 amide bonds. The number of ether oxygens (including phenoxy) is 4. The smallest absolute Gasteiger partial charge is 0.306 e. The Labute approximate surface area is 558 Å². The van der Waals surface area contributed by atoms with Gasteiger partial charge in [0.2, 0.25) is 0 Å². The summed E-state index contributed by atoms with van der Waals surface area (Å²) in [7, 11) is 5.91. The SMILES string of the molecule is CC/C=C\C/C=C\C/C=C\C/C=C\C/C=C\C/C=C\C/C=C\C/C=C\C/C=C\CCCCCC(=O)OC(COC(=O)CCCCCCCCCCCCCCCCCC/C=C\C/C=C\C/C=C\C/C=C\C/C=C\C/C=C\CC)COC(OCC[N+](C)(C)C)C(=O)[O-]. The molecule has 9 nitrogen and oxygen atoms in total. The van der Waals surface area contributed by atoms with Crippen molar-refractivity contribution in [1.29, 1.82) is 0 Å². The van der Waals surface area contributed by atoms with E-state index in [1.807, 2.05) is 21.1 Å². The average molecular weight is 1260 g/mol. The Morgan fingerprint density at radius 2 is 0.593 bits per heavy atom. The zero-order valence-electron chi connectivity index (χ0n) is 58.4. The van der Waals surface area contributed by atoms with Gasteiger partial charge in [-0.1, -0.05) is 292 Å². The Morgan fingerprint density at radius 3 is 0.890 bits per heavy atom. The molecule has 0 radical (unpaired) electrons. The molecule has 0 spiro atoms. The highest BCUT2D eigenvalue weighted by atomic mass is 16.7. The number of allylic oxidation sites excluding steroid dienone is 30. The second kappa shape index (κ2) is 70.3. The molecule has 0 bridgehead atoms. The van der Waals surface area contributed by atoms with E-state index in [1.54, 1.807) is 0 Å². The number of aliphatic carboxylic acids is 1. The molecule has 0 heterocycles. The monoisotopic (exact) mass is 1260 g/mol. The van der Waals surface area contributed by atoms with Crippen LogP contribution < -0.4 is 5.11 Å². The maximum atomic E-state index is 12.9. The summed E-state index contributed by atoms with van der Waals surface area (Å²) in [6.07, 6.45) is 104. The minimum absolute atomic E-state index is 0.132. The molecule has 2 unspecified atom stereocenters. The molecule has 0 aromatic heterocycles. The van der Waals surface area contributed by atoms with Crippen LogP contribution in [-0.2, 0) is 33.3 Å². The van der Waals surface area contributed by atoms with E-state index in [2.05, 4.69) is 196 Å². The van der Waals surface area contributed by atoms with Crippen molar-refractivity contribution >= 4 is 17.9 Å². The van der Waals surface area contributed by atoms with Gasteiger partial charge in [0, 0.05) is 12.8 Å². The number of carboxylic acid groups (broad SMARTS) is 1. The predicted octanol–water partition coefficient (Wildman–Crippen LogP) is 21.5. The van der Waals surface area contributed by atoms with E-state index in [9.17, 15) is 19.5 Å². The Morgan fingerprint density at radius 1 is 0.330 bits per heavy atom. The minimum Gasteiger partial charge on any atom is -0.545 e. The summed E-state index contributed by atoms with van der Waals surface area (Å²) in [6, 6.07) is 0. The first-order valence-electron chi connectivity index (χ1n) is 35.9. The maximum absolute atomic E-state index is 12.9. The van der Waals surface area contributed by atoms with Gasteiger partial charge >= 0.3 is 11.9 Å². The standard InChI is InChI=1S/C82H131NO8/c1-6-8-10-12-14-16-18-20-22-24-26-28-30-32-34-36-38-39-40-41-43-44-46-48-50-52-54-56-58-60-62-64-66-68-70-72-79(84)89-76-78(77-90-82(81(86)87)88-75-74-83(3,4)5)91-80(85)73-71-69-67-65-63-61-59-57-55-53-51-49-47-45-42-37-35-33-31-29-27-25-23-21-19-17-15-13-11-9-7-2/h8-11,14-17,20-23,26-29,32-35,38-39,42,45,49,51,55,57,61,63,78,82H,6-7,12-13,18-19,24-25,30-31,36-37,40-41,43-44,46-48,50,52-54,56,58-60,62,64-77H2,1-5H3/b10-8-,11-9-,16-14-,17-15-,22-20-,23-21-,28-26-,29-27-,34-32-,35-33-,39-38-,45-42-,51-49-,57-55-,63-61-. The van der Waals surface area contributed by atoms with E-state index < -0.39 is 24.3 Å². The third-order valence-corrected chi connectivity index (χ3v) is 14.6. The summed E-state index contributed by atoms with van der Waals surface area (Å²) in [5.41, 5.74) is 0. The molecular weight excluding hydrogens is 1130 g/mol. The Kier molecular flexibility index (Phi) is 65.9. The lowest BCUT2D eigenvalue weighted by Crippen LogP contribution is -2.44. The van der Waals surface area contributed by atoms with Crippen molar-refractivity contribution in [2.45, 2.75) is 270 Å². The third kappa shape index (κ3) is 71.7. The van der Waals surface area contributed by atoms with Crippen molar-refractivity contribution in [2.75, 3.05) is 47.5 Å². The summed E-state index contributed by atoms with van der Waals surface area (Å²) in [6.45, 7) is 4.47. The van der Waals surface area contributed by atoms with E-state index in [0.717, 1.165) is 135 Å². The number of carboxylic acids is 1. The number of likely N-dealkylation sites (N-methyl/N-ethyl adjacent to an activating group) is 1. The van der Waals surface area contributed by atoms with Crippen molar-refractivity contribution in [1.82, 2.24) is 0 Å². The van der Waals surface area contributed by atoms with E-state index in [0.29, 0.717) is 17.4 Å². The van der Waals surface area contributed by atoms with Gasteiger partial charge in [-0.3, -0.25) is 9.59 Å². The summed E-state index contributed by atoms with van der Waals surface area (Å²) in [5.74, 6) is -2.34. The minimum atomic E-state index is -1.64. The lowest BCUT2D eigenvalue weighted by Gasteiger charge is -2.26. The van der Waals surface area contributed by atoms with Crippen LogP contribution in [0.4, 0.5) is 0 Å². The van der Waals surface area contributed by atoms with Crippen LogP contribution in [0.5, 0.6) is 0 Å². The van der Waals surface area contributed by atoms with Gasteiger partial charge in [0.25, 0.3) is 0 Å². The van der Waals surface area contributed by atoms with Crippen LogP contribution in [0.25, 0.3) is 0 Å². The number of rotatable bonds is 64. The quantitative estimate of drug-likeness (QED) is 0.0195. The number of hydrogen-bond donors (Lipinski definition) is 0. The van der Waals surface area contributed by atoms with Gasteiger partial charge in [-0.2, -0.15) is 0 Å². The fourth-order valence-corrected chi connectivity index (χ4v) is 9.24. The molecule has 512 valence electrons.